The molecule has 0 spiro atoms. The van der Waals surface area contributed by atoms with Gasteiger partial charge in [-0.1, -0.05) is 25.4 Å². The number of hydrogen-bond acceptors (Lipinski definition) is 6. The van der Waals surface area contributed by atoms with Gasteiger partial charge in [-0.25, -0.2) is 9.97 Å². The van der Waals surface area contributed by atoms with Gasteiger partial charge in [-0.2, -0.15) is 4.98 Å². The second-order valence-electron chi connectivity index (χ2n) is 3.96. The Morgan fingerprint density at radius 2 is 2.29 bits per heavy atom. The van der Waals surface area contributed by atoms with Crippen LogP contribution in [0.15, 0.2) is 23.1 Å². The van der Waals surface area contributed by atoms with Crippen LogP contribution in [0.25, 0.3) is 11.5 Å². The normalized spacial score (nSPS) is 14.5. The lowest BCUT2D eigenvalue weighted by molar-refractivity contribution is 0.312. The summed E-state index contributed by atoms with van der Waals surface area (Å²) < 4.78 is 5.16. The van der Waals surface area contributed by atoms with Crippen LogP contribution in [-0.4, -0.2) is 20.1 Å². The fourth-order valence-corrected chi connectivity index (χ4v) is 1.39. The van der Waals surface area contributed by atoms with E-state index in [0.717, 1.165) is 6.42 Å². The molecule has 0 aliphatic carbocycles. The largest absolute Gasteiger partial charge is 0.337 e. The van der Waals surface area contributed by atoms with Crippen LogP contribution in [0.1, 0.15) is 32.2 Å². The first-order chi connectivity index (χ1) is 8.22. The smallest absolute Gasteiger partial charge is 0.244 e. The van der Waals surface area contributed by atoms with Gasteiger partial charge in [-0.3, -0.25) is 0 Å². The fraction of sp³-hybridized carbons (Fsp3) is 0.455. The summed E-state index contributed by atoms with van der Waals surface area (Å²) in [4.78, 5) is 12.1. The predicted octanol–water partition coefficient (Wildman–Crippen LogP) is 1.57. The van der Waals surface area contributed by atoms with Crippen LogP contribution in [0.2, 0.25) is 0 Å². The zero-order valence-electron chi connectivity index (χ0n) is 9.87. The van der Waals surface area contributed by atoms with E-state index in [9.17, 15) is 0 Å². The molecule has 2 rings (SSSR count). The van der Waals surface area contributed by atoms with Crippen molar-refractivity contribution in [2.75, 3.05) is 0 Å². The molecule has 17 heavy (non-hydrogen) atoms. The SMILES string of the molecule is CC[C@H](C)[C@H](N)c1nc(-c2ccncn2)no1. The number of rotatable bonds is 4. The van der Waals surface area contributed by atoms with Crippen LogP contribution in [0.5, 0.6) is 0 Å². The van der Waals surface area contributed by atoms with E-state index in [2.05, 4.69) is 34.0 Å². The van der Waals surface area contributed by atoms with Crippen molar-refractivity contribution in [3.63, 3.8) is 0 Å². The third-order valence-electron chi connectivity index (χ3n) is 2.79. The highest BCUT2D eigenvalue weighted by Gasteiger charge is 2.20. The molecule has 0 saturated carbocycles. The Balaban J connectivity index is 2.22. The summed E-state index contributed by atoms with van der Waals surface area (Å²) in [5.74, 6) is 1.20. The lowest BCUT2D eigenvalue weighted by Crippen LogP contribution is -2.18. The maximum absolute atomic E-state index is 6.01. The second kappa shape index (κ2) is 5.01. The Bertz CT molecular complexity index is 470. The number of hydrogen-bond donors (Lipinski definition) is 1. The Hall–Kier alpha value is -1.82. The summed E-state index contributed by atoms with van der Waals surface area (Å²) in [6, 6.07) is 1.49. The van der Waals surface area contributed by atoms with E-state index < -0.39 is 0 Å². The lowest BCUT2D eigenvalue weighted by atomic mass is 10.0. The maximum Gasteiger partial charge on any atom is 0.244 e. The summed E-state index contributed by atoms with van der Waals surface area (Å²) in [7, 11) is 0. The van der Waals surface area contributed by atoms with Crippen LogP contribution >= 0.6 is 0 Å². The molecule has 0 aliphatic rings. The van der Waals surface area contributed by atoms with E-state index in [-0.39, 0.29) is 6.04 Å². The maximum atomic E-state index is 6.01. The summed E-state index contributed by atoms with van der Waals surface area (Å²) >= 11 is 0. The van der Waals surface area contributed by atoms with Crippen LogP contribution in [0.3, 0.4) is 0 Å². The van der Waals surface area contributed by atoms with Crippen molar-refractivity contribution < 1.29 is 4.52 Å². The molecule has 0 aliphatic heterocycles. The first-order valence-corrected chi connectivity index (χ1v) is 5.58. The topological polar surface area (TPSA) is 90.7 Å². The summed E-state index contributed by atoms with van der Waals surface area (Å²) in [5.41, 5.74) is 6.64. The Morgan fingerprint density at radius 1 is 1.47 bits per heavy atom. The Labute approximate surface area is 99.3 Å². The molecule has 90 valence electrons. The summed E-state index contributed by atoms with van der Waals surface area (Å²) in [6.45, 7) is 4.13. The standard InChI is InChI=1S/C11H15N5O/c1-3-7(2)9(12)11-15-10(16-17-11)8-4-5-13-6-14-8/h4-7,9H,3,12H2,1-2H3/t7-,9-/m0/s1. The Morgan fingerprint density at radius 3 is 2.94 bits per heavy atom. The molecule has 6 nitrogen and oxygen atoms in total. The third-order valence-corrected chi connectivity index (χ3v) is 2.79. The van der Waals surface area contributed by atoms with E-state index in [1.807, 2.05) is 0 Å². The average molecular weight is 233 g/mol. The molecule has 0 aromatic carbocycles. The molecular weight excluding hydrogens is 218 g/mol. The number of nitrogens with two attached hydrogens (primary N) is 1. The molecule has 2 aromatic rings. The van der Waals surface area contributed by atoms with Crippen molar-refractivity contribution in [3.05, 3.63) is 24.5 Å². The van der Waals surface area contributed by atoms with Crippen molar-refractivity contribution in [2.45, 2.75) is 26.3 Å². The van der Waals surface area contributed by atoms with Crippen LogP contribution in [-0.2, 0) is 0 Å². The third kappa shape index (κ3) is 2.47. The van der Waals surface area contributed by atoms with Gasteiger partial charge in [0.2, 0.25) is 11.7 Å². The van der Waals surface area contributed by atoms with Crippen molar-refractivity contribution in [1.82, 2.24) is 20.1 Å². The first-order valence-electron chi connectivity index (χ1n) is 5.58. The zero-order valence-corrected chi connectivity index (χ0v) is 9.87. The predicted molar refractivity (Wildman–Crippen MR) is 61.7 cm³/mol. The van der Waals surface area contributed by atoms with Crippen LogP contribution in [0.4, 0.5) is 0 Å². The highest BCUT2D eigenvalue weighted by molar-refractivity contribution is 5.46. The van der Waals surface area contributed by atoms with Gasteiger partial charge in [0.25, 0.3) is 0 Å². The number of aromatic nitrogens is 4. The van der Waals surface area contributed by atoms with Gasteiger partial charge in [0.1, 0.15) is 12.0 Å². The molecular formula is C11H15N5O. The van der Waals surface area contributed by atoms with Crippen molar-refractivity contribution >= 4 is 0 Å². The van der Waals surface area contributed by atoms with E-state index in [0.29, 0.717) is 23.3 Å². The Kier molecular flexibility index (Phi) is 3.43. The molecule has 0 amide bonds. The van der Waals surface area contributed by atoms with Gasteiger partial charge in [-0.05, 0) is 12.0 Å². The minimum absolute atomic E-state index is 0.233. The minimum Gasteiger partial charge on any atom is -0.337 e. The average Bonchev–Trinajstić information content (AvgIpc) is 2.87. The molecule has 0 bridgehead atoms. The fourth-order valence-electron chi connectivity index (χ4n) is 1.39. The van der Waals surface area contributed by atoms with Gasteiger partial charge in [0.15, 0.2) is 0 Å². The zero-order chi connectivity index (χ0) is 12.3. The van der Waals surface area contributed by atoms with Gasteiger partial charge in [-0.15, -0.1) is 0 Å². The molecule has 2 atom stereocenters. The molecule has 6 heteroatoms. The van der Waals surface area contributed by atoms with E-state index in [1.54, 1.807) is 12.3 Å². The highest BCUT2D eigenvalue weighted by Crippen LogP contribution is 2.22. The molecule has 0 saturated heterocycles. The molecule has 0 unspecified atom stereocenters. The summed E-state index contributed by atoms with van der Waals surface area (Å²) in [5, 5.41) is 3.87. The van der Waals surface area contributed by atoms with Gasteiger partial charge < -0.3 is 10.3 Å². The second-order valence-corrected chi connectivity index (χ2v) is 3.96. The van der Waals surface area contributed by atoms with Crippen molar-refractivity contribution in [2.24, 2.45) is 11.7 Å². The van der Waals surface area contributed by atoms with Crippen LogP contribution in [0, 0.1) is 5.92 Å². The first kappa shape index (κ1) is 11.7. The quantitative estimate of drug-likeness (QED) is 0.861. The molecule has 0 radical (unpaired) electrons. The molecule has 2 aromatic heterocycles. The van der Waals surface area contributed by atoms with Crippen molar-refractivity contribution in [1.29, 1.82) is 0 Å². The lowest BCUT2D eigenvalue weighted by Gasteiger charge is -2.12. The minimum atomic E-state index is -0.233. The van der Waals surface area contributed by atoms with Gasteiger partial charge in [0.05, 0.1) is 6.04 Å². The van der Waals surface area contributed by atoms with Crippen molar-refractivity contribution in [3.8, 4) is 11.5 Å². The molecule has 0 fully saturated rings. The van der Waals surface area contributed by atoms with Crippen LogP contribution < -0.4 is 5.73 Å². The molecule has 2 heterocycles. The molecule has 2 N–H and O–H groups in total. The summed E-state index contributed by atoms with van der Waals surface area (Å²) in [6.07, 6.45) is 4.04. The monoisotopic (exact) mass is 233 g/mol. The van der Waals surface area contributed by atoms with E-state index in [1.165, 1.54) is 6.33 Å². The number of nitrogens with zero attached hydrogens (tertiary/aromatic N) is 4. The highest BCUT2D eigenvalue weighted by atomic mass is 16.5. The van der Waals surface area contributed by atoms with Gasteiger partial charge >= 0.3 is 0 Å². The van der Waals surface area contributed by atoms with Gasteiger partial charge in [0, 0.05) is 6.20 Å². The van der Waals surface area contributed by atoms with E-state index in [4.69, 9.17) is 10.3 Å². The van der Waals surface area contributed by atoms with E-state index >= 15 is 0 Å².